The van der Waals surface area contributed by atoms with Crippen molar-refractivity contribution in [1.29, 1.82) is 0 Å². The van der Waals surface area contributed by atoms with Gasteiger partial charge in [0.05, 0.1) is 4.92 Å². The Kier molecular flexibility index (Phi) is 4.84. The second-order valence-electron chi connectivity index (χ2n) is 4.39. The quantitative estimate of drug-likeness (QED) is 0.519. The minimum absolute atomic E-state index is 0.0786. The SMILES string of the molecule is Cc1ccc(NC(=O)COC(=O)c2ccc([N+](=O)[O-])s2)cc1. The van der Waals surface area contributed by atoms with Crippen LogP contribution in [0.3, 0.4) is 0 Å². The molecule has 0 spiro atoms. The van der Waals surface area contributed by atoms with Crippen LogP contribution in [0.15, 0.2) is 36.4 Å². The number of benzene rings is 1. The number of nitrogens with zero attached hydrogens (tertiary/aromatic N) is 1. The van der Waals surface area contributed by atoms with E-state index >= 15 is 0 Å². The zero-order valence-electron chi connectivity index (χ0n) is 11.6. The van der Waals surface area contributed by atoms with Gasteiger partial charge in [-0.15, -0.1) is 0 Å². The fourth-order valence-electron chi connectivity index (χ4n) is 1.57. The molecule has 2 rings (SSSR count). The van der Waals surface area contributed by atoms with Crippen molar-refractivity contribution < 1.29 is 19.2 Å². The van der Waals surface area contributed by atoms with Gasteiger partial charge in [-0.2, -0.15) is 0 Å². The lowest BCUT2D eigenvalue weighted by Gasteiger charge is -2.06. The number of ether oxygens (including phenoxy) is 1. The van der Waals surface area contributed by atoms with Crippen molar-refractivity contribution in [3.63, 3.8) is 0 Å². The Morgan fingerprint density at radius 2 is 1.91 bits per heavy atom. The molecule has 0 saturated carbocycles. The molecular formula is C14H12N2O5S. The van der Waals surface area contributed by atoms with E-state index in [0.29, 0.717) is 17.0 Å². The molecule has 7 nitrogen and oxygen atoms in total. The Morgan fingerprint density at radius 3 is 2.50 bits per heavy atom. The van der Waals surface area contributed by atoms with Crippen molar-refractivity contribution in [2.75, 3.05) is 11.9 Å². The summed E-state index contributed by atoms with van der Waals surface area (Å²) in [5.74, 6) is -1.25. The van der Waals surface area contributed by atoms with E-state index in [9.17, 15) is 19.7 Å². The van der Waals surface area contributed by atoms with Crippen LogP contribution in [0.5, 0.6) is 0 Å². The Hall–Kier alpha value is -2.74. The van der Waals surface area contributed by atoms with Crippen molar-refractivity contribution in [3.8, 4) is 0 Å². The molecule has 1 aromatic heterocycles. The van der Waals surface area contributed by atoms with Gasteiger partial charge in [-0.1, -0.05) is 29.0 Å². The molecule has 1 aromatic carbocycles. The number of anilines is 1. The lowest BCUT2D eigenvalue weighted by atomic mass is 10.2. The van der Waals surface area contributed by atoms with Crippen LogP contribution in [-0.2, 0) is 9.53 Å². The molecule has 1 N–H and O–H groups in total. The van der Waals surface area contributed by atoms with Crippen molar-refractivity contribution in [3.05, 3.63) is 57.0 Å². The van der Waals surface area contributed by atoms with Gasteiger partial charge < -0.3 is 10.1 Å². The zero-order chi connectivity index (χ0) is 16.1. The van der Waals surface area contributed by atoms with Crippen LogP contribution in [0.2, 0.25) is 0 Å². The third kappa shape index (κ3) is 4.13. The second kappa shape index (κ2) is 6.81. The van der Waals surface area contributed by atoms with Crippen molar-refractivity contribution in [2.45, 2.75) is 6.92 Å². The molecule has 0 atom stereocenters. The maximum atomic E-state index is 11.7. The molecule has 0 radical (unpaired) electrons. The molecule has 0 aliphatic heterocycles. The third-order valence-electron chi connectivity index (χ3n) is 2.64. The summed E-state index contributed by atoms with van der Waals surface area (Å²) in [7, 11) is 0. The van der Waals surface area contributed by atoms with E-state index in [4.69, 9.17) is 4.74 Å². The Balaban J connectivity index is 1.86. The van der Waals surface area contributed by atoms with Crippen molar-refractivity contribution in [2.24, 2.45) is 0 Å². The van der Waals surface area contributed by atoms with Crippen LogP contribution in [0.1, 0.15) is 15.2 Å². The summed E-state index contributed by atoms with van der Waals surface area (Å²) in [4.78, 5) is 33.3. The summed E-state index contributed by atoms with van der Waals surface area (Å²) in [5.41, 5.74) is 1.65. The Labute approximate surface area is 129 Å². The first-order chi connectivity index (χ1) is 10.5. The van der Waals surface area contributed by atoms with Gasteiger partial charge in [0.2, 0.25) is 0 Å². The average Bonchev–Trinajstić information content (AvgIpc) is 2.97. The number of aryl methyl sites for hydroxylation is 1. The molecule has 8 heteroatoms. The summed E-state index contributed by atoms with van der Waals surface area (Å²) in [5, 5.41) is 13.0. The highest BCUT2D eigenvalue weighted by Gasteiger charge is 2.17. The number of nitro groups is 1. The molecule has 0 unspecified atom stereocenters. The van der Waals surface area contributed by atoms with Crippen LogP contribution in [0.4, 0.5) is 10.7 Å². The fraction of sp³-hybridized carbons (Fsp3) is 0.143. The highest BCUT2D eigenvalue weighted by Crippen LogP contribution is 2.24. The van der Waals surface area contributed by atoms with Gasteiger partial charge in [0, 0.05) is 11.8 Å². The Bertz CT molecular complexity index is 708. The van der Waals surface area contributed by atoms with E-state index in [1.807, 2.05) is 19.1 Å². The molecule has 114 valence electrons. The summed E-state index contributed by atoms with van der Waals surface area (Å²) >= 11 is 0.701. The van der Waals surface area contributed by atoms with E-state index in [1.54, 1.807) is 12.1 Å². The number of rotatable bonds is 5. The number of hydrogen-bond acceptors (Lipinski definition) is 6. The van der Waals surface area contributed by atoms with Gasteiger partial charge in [-0.25, -0.2) is 4.79 Å². The predicted molar refractivity (Wildman–Crippen MR) is 81.1 cm³/mol. The van der Waals surface area contributed by atoms with Crippen LogP contribution >= 0.6 is 11.3 Å². The molecule has 0 fully saturated rings. The Morgan fingerprint density at radius 1 is 1.23 bits per heavy atom. The molecule has 0 aliphatic rings. The minimum Gasteiger partial charge on any atom is -0.451 e. The average molecular weight is 320 g/mol. The number of carbonyl (C=O) groups excluding carboxylic acids is 2. The van der Waals surface area contributed by atoms with Gasteiger partial charge in [0.1, 0.15) is 4.88 Å². The van der Waals surface area contributed by atoms with Crippen molar-refractivity contribution >= 4 is 33.9 Å². The van der Waals surface area contributed by atoms with Gasteiger partial charge in [-0.05, 0) is 25.1 Å². The molecule has 22 heavy (non-hydrogen) atoms. The monoisotopic (exact) mass is 320 g/mol. The second-order valence-corrected chi connectivity index (χ2v) is 5.45. The van der Waals surface area contributed by atoms with Crippen LogP contribution in [0.25, 0.3) is 0 Å². The topological polar surface area (TPSA) is 98.5 Å². The van der Waals surface area contributed by atoms with Gasteiger partial charge in [0.15, 0.2) is 6.61 Å². The molecule has 0 saturated heterocycles. The molecule has 1 amide bonds. The highest BCUT2D eigenvalue weighted by atomic mass is 32.1. The number of thiophene rings is 1. The summed E-state index contributed by atoms with van der Waals surface area (Å²) < 4.78 is 4.82. The van der Waals surface area contributed by atoms with Crippen LogP contribution in [-0.4, -0.2) is 23.4 Å². The maximum absolute atomic E-state index is 11.7. The first-order valence-corrected chi connectivity index (χ1v) is 7.05. The number of amides is 1. The minimum atomic E-state index is -0.767. The van der Waals surface area contributed by atoms with E-state index in [0.717, 1.165) is 5.56 Å². The standard InChI is InChI=1S/C14H12N2O5S/c1-9-2-4-10(5-3-9)15-12(17)8-21-14(18)11-6-7-13(22-11)16(19)20/h2-7H,8H2,1H3,(H,15,17). The van der Waals surface area contributed by atoms with Crippen LogP contribution in [0, 0.1) is 17.0 Å². The molecule has 0 bridgehead atoms. The lowest BCUT2D eigenvalue weighted by molar-refractivity contribution is -0.380. The van der Waals surface area contributed by atoms with Gasteiger partial charge in [0.25, 0.3) is 5.91 Å². The lowest BCUT2D eigenvalue weighted by Crippen LogP contribution is -2.20. The number of esters is 1. The predicted octanol–water partition coefficient (Wildman–Crippen LogP) is 2.76. The normalized spacial score (nSPS) is 10.0. The molecule has 1 heterocycles. The fourth-order valence-corrected chi connectivity index (χ4v) is 2.29. The number of carbonyl (C=O) groups is 2. The maximum Gasteiger partial charge on any atom is 0.349 e. The van der Waals surface area contributed by atoms with Crippen LogP contribution < -0.4 is 5.32 Å². The van der Waals surface area contributed by atoms with E-state index in [-0.39, 0.29) is 9.88 Å². The summed E-state index contributed by atoms with van der Waals surface area (Å²) in [6.45, 7) is 1.46. The summed E-state index contributed by atoms with van der Waals surface area (Å²) in [6, 6.07) is 9.66. The van der Waals surface area contributed by atoms with Gasteiger partial charge >= 0.3 is 11.0 Å². The molecule has 2 aromatic rings. The third-order valence-corrected chi connectivity index (χ3v) is 3.66. The zero-order valence-corrected chi connectivity index (χ0v) is 12.4. The van der Waals surface area contributed by atoms with Crippen molar-refractivity contribution in [1.82, 2.24) is 0 Å². The summed E-state index contributed by atoms with van der Waals surface area (Å²) in [6.07, 6.45) is 0. The van der Waals surface area contributed by atoms with E-state index in [1.165, 1.54) is 12.1 Å². The number of hydrogen-bond donors (Lipinski definition) is 1. The van der Waals surface area contributed by atoms with E-state index in [2.05, 4.69) is 5.32 Å². The first-order valence-electron chi connectivity index (χ1n) is 6.23. The smallest absolute Gasteiger partial charge is 0.349 e. The molecular weight excluding hydrogens is 308 g/mol. The molecule has 0 aliphatic carbocycles. The first kappa shape index (κ1) is 15.6. The van der Waals surface area contributed by atoms with Gasteiger partial charge in [-0.3, -0.25) is 14.9 Å². The number of nitrogens with one attached hydrogen (secondary N) is 1. The van der Waals surface area contributed by atoms with E-state index < -0.39 is 23.4 Å². The highest BCUT2D eigenvalue weighted by molar-refractivity contribution is 7.17. The largest absolute Gasteiger partial charge is 0.451 e.